The Morgan fingerprint density at radius 2 is 1.67 bits per heavy atom. The average molecular weight is 246 g/mol. The summed E-state index contributed by atoms with van der Waals surface area (Å²) >= 11 is 0. The van der Waals surface area contributed by atoms with Crippen LogP contribution in [0.15, 0.2) is 0 Å². The van der Waals surface area contributed by atoms with Crippen LogP contribution in [0.5, 0.6) is 0 Å². The van der Waals surface area contributed by atoms with Gasteiger partial charge in [-0.25, -0.2) is 0 Å². The second-order valence-electron chi connectivity index (χ2n) is 6.50. The van der Waals surface area contributed by atoms with Gasteiger partial charge in [0.25, 0.3) is 0 Å². The van der Waals surface area contributed by atoms with E-state index in [1.165, 1.54) is 58.2 Å². The van der Waals surface area contributed by atoms with Gasteiger partial charge >= 0.3 is 0 Å². The predicted octanol–water partition coefficient (Wildman–Crippen LogP) is 2.11. The zero-order valence-corrected chi connectivity index (χ0v) is 11.4. The molecule has 1 aliphatic heterocycles. The first-order chi connectivity index (χ1) is 8.86. The number of nitrogens with zero attached hydrogens (tertiary/aromatic N) is 1. The molecular formula is C16H26N2. The summed E-state index contributed by atoms with van der Waals surface area (Å²) < 4.78 is 0. The predicted molar refractivity (Wildman–Crippen MR) is 75.2 cm³/mol. The highest BCUT2D eigenvalue weighted by Gasteiger charge is 2.41. The highest BCUT2D eigenvalue weighted by atomic mass is 15.1. The second kappa shape index (κ2) is 5.63. The molecule has 0 spiro atoms. The van der Waals surface area contributed by atoms with E-state index in [-0.39, 0.29) is 0 Å². The van der Waals surface area contributed by atoms with E-state index < -0.39 is 0 Å². The lowest BCUT2D eigenvalue weighted by molar-refractivity contribution is 0.210. The first-order valence-electron chi connectivity index (χ1n) is 7.76. The van der Waals surface area contributed by atoms with E-state index in [4.69, 9.17) is 6.42 Å². The van der Waals surface area contributed by atoms with E-state index in [2.05, 4.69) is 16.1 Å². The van der Waals surface area contributed by atoms with Crippen LogP contribution in [0.25, 0.3) is 0 Å². The molecule has 0 aromatic carbocycles. The summed E-state index contributed by atoms with van der Waals surface area (Å²) in [5.74, 6) is 5.91. The summed E-state index contributed by atoms with van der Waals surface area (Å²) in [6, 6.07) is 0.749. The Balaban J connectivity index is 1.37. The van der Waals surface area contributed by atoms with E-state index in [1.54, 1.807) is 0 Å². The van der Waals surface area contributed by atoms with E-state index >= 15 is 0 Å². The third kappa shape index (κ3) is 3.28. The Hall–Kier alpha value is -0.520. The third-order valence-electron chi connectivity index (χ3n) is 5.00. The number of rotatable bonds is 6. The Kier molecular flexibility index (Phi) is 3.91. The van der Waals surface area contributed by atoms with Crippen molar-refractivity contribution in [1.29, 1.82) is 0 Å². The number of likely N-dealkylation sites (tertiary alicyclic amines) is 1. The van der Waals surface area contributed by atoms with Gasteiger partial charge in [0.05, 0.1) is 6.54 Å². The molecule has 3 fully saturated rings. The van der Waals surface area contributed by atoms with Crippen molar-refractivity contribution < 1.29 is 0 Å². The fraction of sp³-hybridized carbons (Fsp3) is 0.875. The van der Waals surface area contributed by atoms with Crippen LogP contribution in [0.2, 0.25) is 0 Å². The summed E-state index contributed by atoms with van der Waals surface area (Å²) in [5.41, 5.74) is 0. The van der Waals surface area contributed by atoms with Crippen molar-refractivity contribution in [2.24, 2.45) is 17.8 Å². The average Bonchev–Trinajstić information content (AvgIpc) is 3.26. The molecule has 1 heterocycles. The van der Waals surface area contributed by atoms with Crippen LogP contribution >= 0.6 is 0 Å². The largest absolute Gasteiger partial charge is 0.314 e. The lowest BCUT2D eigenvalue weighted by Crippen LogP contribution is -2.44. The van der Waals surface area contributed by atoms with Gasteiger partial charge in [-0.05, 0) is 62.8 Å². The van der Waals surface area contributed by atoms with Crippen LogP contribution in [0.1, 0.15) is 38.5 Å². The summed E-state index contributed by atoms with van der Waals surface area (Å²) in [6.07, 6.45) is 13.9. The van der Waals surface area contributed by atoms with E-state index in [0.717, 1.165) is 30.3 Å². The number of terminal acetylenes is 1. The standard InChI is InChI=1S/C16H26N2/c1-2-9-18-10-7-15(8-11-18)17-12-16(13-3-4-13)14-5-6-14/h1,13-17H,3-12H2. The molecule has 0 atom stereocenters. The molecule has 1 N–H and O–H groups in total. The quantitative estimate of drug-likeness (QED) is 0.722. The van der Waals surface area contributed by atoms with Crippen molar-refractivity contribution in [1.82, 2.24) is 10.2 Å². The van der Waals surface area contributed by atoms with Gasteiger partial charge in [0.2, 0.25) is 0 Å². The summed E-state index contributed by atoms with van der Waals surface area (Å²) in [7, 11) is 0. The third-order valence-corrected chi connectivity index (χ3v) is 5.00. The van der Waals surface area contributed by atoms with Crippen LogP contribution in [0.3, 0.4) is 0 Å². The van der Waals surface area contributed by atoms with Crippen molar-refractivity contribution in [3.8, 4) is 12.3 Å². The maximum absolute atomic E-state index is 5.37. The fourth-order valence-electron chi connectivity index (χ4n) is 3.49. The highest BCUT2D eigenvalue weighted by molar-refractivity contribution is 4.94. The molecular weight excluding hydrogens is 220 g/mol. The molecule has 0 aromatic rings. The number of nitrogens with one attached hydrogen (secondary N) is 1. The molecule has 2 nitrogen and oxygen atoms in total. The van der Waals surface area contributed by atoms with Gasteiger partial charge in [0.1, 0.15) is 0 Å². The molecule has 18 heavy (non-hydrogen) atoms. The molecule has 2 saturated carbocycles. The van der Waals surface area contributed by atoms with Crippen LogP contribution in [-0.2, 0) is 0 Å². The van der Waals surface area contributed by atoms with Gasteiger partial charge in [0.15, 0.2) is 0 Å². The first kappa shape index (κ1) is 12.5. The minimum atomic E-state index is 0.749. The summed E-state index contributed by atoms with van der Waals surface area (Å²) in [4.78, 5) is 2.40. The Labute approximate surface area is 112 Å². The van der Waals surface area contributed by atoms with E-state index in [0.29, 0.717) is 0 Å². The van der Waals surface area contributed by atoms with Gasteiger partial charge in [0, 0.05) is 19.1 Å². The molecule has 0 radical (unpaired) electrons. The molecule has 2 aliphatic carbocycles. The lowest BCUT2D eigenvalue weighted by atomic mass is 9.96. The molecule has 1 saturated heterocycles. The molecule has 0 amide bonds. The first-order valence-corrected chi connectivity index (χ1v) is 7.76. The molecule has 100 valence electrons. The second-order valence-corrected chi connectivity index (χ2v) is 6.50. The van der Waals surface area contributed by atoms with Crippen molar-refractivity contribution in [3.05, 3.63) is 0 Å². The zero-order chi connectivity index (χ0) is 12.4. The van der Waals surface area contributed by atoms with Crippen molar-refractivity contribution in [2.45, 2.75) is 44.6 Å². The van der Waals surface area contributed by atoms with Crippen LogP contribution in [0.4, 0.5) is 0 Å². The maximum atomic E-state index is 5.37. The monoisotopic (exact) mass is 246 g/mol. The molecule has 2 heteroatoms. The fourth-order valence-corrected chi connectivity index (χ4v) is 3.49. The Bertz CT molecular complexity index is 292. The van der Waals surface area contributed by atoms with E-state index in [1.807, 2.05) is 0 Å². The summed E-state index contributed by atoms with van der Waals surface area (Å²) in [6.45, 7) is 4.48. The van der Waals surface area contributed by atoms with Crippen LogP contribution in [-0.4, -0.2) is 37.1 Å². The number of hydrogen-bond acceptors (Lipinski definition) is 2. The maximum Gasteiger partial charge on any atom is 0.0598 e. The van der Waals surface area contributed by atoms with Crippen molar-refractivity contribution in [3.63, 3.8) is 0 Å². The topological polar surface area (TPSA) is 15.3 Å². The number of hydrogen-bond donors (Lipinski definition) is 1. The van der Waals surface area contributed by atoms with Crippen LogP contribution in [0, 0.1) is 30.1 Å². The van der Waals surface area contributed by atoms with Crippen molar-refractivity contribution in [2.75, 3.05) is 26.2 Å². The smallest absolute Gasteiger partial charge is 0.0598 e. The van der Waals surface area contributed by atoms with Gasteiger partial charge < -0.3 is 5.32 Å². The SMILES string of the molecule is C#CCN1CCC(NCC(C2CC2)C2CC2)CC1. The van der Waals surface area contributed by atoms with Gasteiger partial charge in [-0.1, -0.05) is 5.92 Å². The van der Waals surface area contributed by atoms with Gasteiger partial charge in [-0.3, -0.25) is 4.90 Å². The van der Waals surface area contributed by atoms with Gasteiger partial charge in [-0.15, -0.1) is 6.42 Å². The zero-order valence-electron chi connectivity index (χ0n) is 11.4. The molecule has 0 aromatic heterocycles. The Morgan fingerprint density at radius 3 is 2.17 bits per heavy atom. The summed E-state index contributed by atoms with van der Waals surface area (Å²) in [5, 5.41) is 3.85. The minimum Gasteiger partial charge on any atom is -0.314 e. The Morgan fingerprint density at radius 1 is 1.06 bits per heavy atom. The highest BCUT2D eigenvalue weighted by Crippen LogP contribution is 2.48. The lowest BCUT2D eigenvalue weighted by Gasteiger charge is -2.32. The molecule has 0 bridgehead atoms. The van der Waals surface area contributed by atoms with Gasteiger partial charge in [-0.2, -0.15) is 0 Å². The number of piperidine rings is 1. The molecule has 0 unspecified atom stereocenters. The minimum absolute atomic E-state index is 0.749. The van der Waals surface area contributed by atoms with Crippen molar-refractivity contribution >= 4 is 0 Å². The van der Waals surface area contributed by atoms with Crippen LogP contribution < -0.4 is 5.32 Å². The molecule has 3 aliphatic rings. The molecule has 3 rings (SSSR count). The normalized spacial score (nSPS) is 26.4. The van der Waals surface area contributed by atoms with E-state index in [9.17, 15) is 0 Å².